The molecule has 5 atom stereocenters. The summed E-state index contributed by atoms with van der Waals surface area (Å²) < 4.78 is 32.4. The molecule has 1 aromatic rings. The second-order valence-corrected chi connectivity index (χ2v) is 10.9. The number of nitrogens with one attached hydrogen (secondary N) is 1. The SMILES string of the molecule is CCCCOC[C@H]1O[C@@H](c2ccc(Cl)c(CC(=N)Cl)c2)[C@H](OCCCC)[C@@H](OCCCC)[C@@H]1OCCCC. The van der Waals surface area contributed by atoms with Gasteiger partial charge in [-0.3, -0.25) is 5.41 Å². The lowest BCUT2D eigenvalue weighted by atomic mass is 9.89. The summed E-state index contributed by atoms with van der Waals surface area (Å²) in [6.45, 7) is 11.6. The van der Waals surface area contributed by atoms with E-state index in [1.165, 1.54) is 0 Å². The van der Waals surface area contributed by atoms with Crippen LogP contribution in [0.4, 0.5) is 0 Å². The Labute approximate surface area is 240 Å². The fourth-order valence-corrected chi connectivity index (χ4v) is 4.83. The Balaban J connectivity index is 2.46. The Kier molecular flexibility index (Phi) is 17.1. The number of rotatable bonds is 20. The van der Waals surface area contributed by atoms with E-state index in [0.717, 1.165) is 62.5 Å². The van der Waals surface area contributed by atoms with Crippen molar-refractivity contribution >= 4 is 28.4 Å². The molecule has 1 aromatic carbocycles. The normalized spacial score (nSPS) is 23.6. The molecule has 1 fully saturated rings. The monoisotopic (exact) mass is 573 g/mol. The molecule has 1 saturated heterocycles. The third-order valence-electron chi connectivity index (χ3n) is 6.73. The van der Waals surface area contributed by atoms with Crippen LogP contribution < -0.4 is 0 Å². The molecule has 0 amide bonds. The minimum Gasteiger partial charge on any atom is -0.379 e. The quantitative estimate of drug-likeness (QED) is 0.127. The van der Waals surface area contributed by atoms with Crippen LogP contribution in [0.1, 0.15) is 96.3 Å². The topological polar surface area (TPSA) is 70.0 Å². The number of hydrogen-bond acceptors (Lipinski definition) is 6. The van der Waals surface area contributed by atoms with Gasteiger partial charge in [0, 0.05) is 37.9 Å². The number of hydrogen-bond donors (Lipinski definition) is 1. The molecule has 1 N–H and O–H groups in total. The van der Waals surface area contributed by atoms with Gasteiger partial charge in [0.05, 0.1) is 6.61 Å². The predicted octanol–water partition coefficient (Wildman–Crippen LogP) is 7.91. The van der Waals surface area contributed by atoms with E-state index in [9.17, 15) is 0 Å². The second-order valence-electron chi connectivity index (χ2n) is 10.0. The number of benzene rings is 1. The van der Waals surface area contributed by atoms with Gasteiger partial charge >= 0.3 is 0 Å². The van der Waals surface area contributed by atoms with Gasteiger partial charge in [-0.25, -0.2) is 0 Å². The van der Waals surface area contributed by atoms with Gasteiger partial charge in [-0.05, 0) is 42.9 Å². The van der Waals surface area contributed by atoms with E-state index in [1.807, 2.05) is 18.2 Å². The van der Waals surface area contributed by atoms with Gasteiger partial charge in [0.1, 0.15) is 35.7 Å². The summed E-state index contributed by atoms with van der Waals surface area (Å²) >= 11 is 12.4. The van der Waals surface area contributed by atoms with Crippen molar-refractivity contribution in [2.24, 2.45) is 0 Å². The van der Waals surface area contributed by atoms with Crippen molar-refractivity contribution < 1.29 is 23.7 Å². The first-order valence-electron chi connectivity index (χ1n) is 14.6. The van der Waals surface area contributed by atoms with Gasteiger partial charge in [-0.2, -0.15) is 0 Å². The second kappa shape index (κ2) is 19.4. The largest absolute Gasteiger partial charge is 0.379 e. The maximum atomic E-state index is 7.77. The van der Waals surface area contributed by atoms with Crippen LogP contribution in [0.3, 0.4) is 0 Å². The minimum absolute atomic E-state index is 0.0386. The molecule has 6 nitrogen and oxygen atoms in total. The first kappa shape index (κ1) is 33.5. The Morgan fingerprint density at radius 1 is 0.816 bits per heavy atom. The van der Waals surface area contributed by atoms with Gasteiger partial charge in [-0.15, -0.1) is 0 Å². The average molecular weight is 575 g/mol. The standard InChI is InChI=1S/C30H49Cl2NO5/c1-5-9-15-34-21-25-28(35-16-10-6-2)30(37-18-12-8-4)29(36-17-11-7-3)27(38-25)22-13-14-24(31)23(19-22)20-26(32)33/h13-14,19,25,27-30,33H,5-12,15-18,20-21H2,1-4H3/t25-,27+,28-,29+,30+/m1/s1. The summed E-state index contributed by atoms with van der Waals surface area (Å²) in [7, 11) is 0. The molecule has 1 aliphatic heterocycles. The zero-order valence-corrected chi connectivity index (χ0v) is 25.3. The van der Waals surface area contributed by atoms with Crippen molar-refractivity contribution in [3.05, 3.63) is 34.3 Å². The first-order chi connectivity index (χ1) is 18.5. The molecule has 38 heavy (non-hydrogen) atoms. The van der Waals surface area contributed by atoms with Crippen LogP contribution in [0.5, 0.6) is 0 Å². The lowest BCUT2D eigenvalue weighted by Crippen LogP contribution is -2.58. The molecule has 8 heteroatoms. The molecule has 0 saturated carbocycles. The molecule has 2 rings (SSSR count). The molecule has 218 valence electrons. The highest BCUT2D eigenvalue weighted by molar-refractivity contribution is 6.64. The Morgan fingerprint density at radius 2 is 1.37 bits per heavy atom. The van der Waals surface area contributed by atoms with Crippen molar-refractivity contribution in [3.8, 4) is 0 Å². The highest BCUT2D eigenvalue weighted by atomic mass is 35.5. The summed E-state index contributed by atoms with van der Waals surface area (Å²) in [4.78, 5) is 0. The van der Waals surface area contributed by atoms with Crippen molar-refractivity contribution in [3.63, 3.8) is 0 Å². The maximum Gasteiger partial charge on any atom is 0.117 e. The summed E-state index contributed by atoms with van der Waals surface area (Å²) in [6.07, 6.45) is 6.68. The summed E-state index contributed by atoms with van der Waals surface area (Å²) in [6, 6.07) is 5.80. The minimum atomic E-state index is -0.398. The molecule has 0 aliphatic carbocycles. The van der Waals surface area contributed by atoms with Crippen molar-refractivity contribution in [2.45, 2.75) is 116 Å². The third-order valence-corrected chi connectivity index (χ3v) is 7.23. The molecule has 0 spiro atoms. The number of unbranched alkanes of at least 4 members (excludes halogenated alkanes) is 4. The van der Waals surface area contributed by atoms with Gasteiger partial charge in [0.15, 0.2) is 0 Å². The Bertz CT molecular complexity index is 796. The molecule has 0 radical (unpaired) electrons. The zero-order valence-electron chi connectivity index (χ0n) is 23.8. The van der Waals surface area contributed by atoms with Crippen molar-refractivity contribution in [1.82, 2.24) is 0 Å². The van der Waals surface area contributed by atoms with Crippen LogP contribution >= 0.6 is 23.2 Å². The van der Waals surface area contributed by atoms with E-state index >= 15 is 0 Å². The van der Waals surface area contributed by atoms with Crippen molar-refractivity contribution in [1.29, 1.82) is 5.41 Å². The highest BCUT2D eigenvalue weighted by Gasteiger charge is 2.48. The van der Waals surface area contributed by atoms with Crippen LogP contribution in [-0.2, 0) is 30.1 Å². The summed E-state index contributed by atoms with van der Waals surface area (Å²) in [5.41, 5.74) is 1.72. The first-order valence-corrected chi connectivity index (χ1v) is 15.3. The van der Waals surface area contributed by atoms with Crippen LogP contribution in [-0.4, -0.2) is 62.6 Å². The van der Waals surface area contributed by atoms with E-state index in [1.54, 1.807) is 0 Å². The molecule has 1 aliphatic rings. The van der Waals surface area contributed by atoms with Gasteiger partial charge in [-0.1, -0.05) is 88.7 Å². The van der Waals surface area contributed by atoms with Crippen molar-refractivity contribution in [2.75, 3.05) is 33.0 Å². The molecule has 0 aromatic heterocycles. The van der Waals surface area contributed by atoms with Gasteiger partial charge in [0.2, 0.25) is 0 Å². The van der Waals surface area contributed by atoms with E-state index in [0.29, 0.717) is 38.1 Å². The number of halogens is 2. The fraction of sp³-hybridized carbons (Fsp3) is 0.767. The lowest BCUT2D eigenvalue weighted by Gasteiger charge is -2.46. The smallest absolute Gasteiger partial charge is 0.117 e. The Morgan fingerprint density at radius 3 is 1.95 bits per heavy atom. The van der Waals surface area contributed by atoms with Gasteiger partial charge < -0.3 is 23.7 Å². The summed E-state index contributed by atoms with van der Waals surface area (Å²) in [5.74, 6) is 0. The van der Waals surface area contributed by atoms with Crippen LogP contribution in [0.15, 0.2) is 18.2 Å². The lowest BCUT2D eigenvalue weighted by molar-refractivity contribution is -0.268. The predicted molar refractivity (Wildman–Crippen MR) is 156 cm³/mol. The fourth-order valence-electron chi connectivity index (χ4n) is 4.50. The molecule has 1 heterocycles. The molecular formula is C30H49Cl2NO5. The van der Waals surface area contributed by atoms with Gasteiger partial charge in [0.25, 0.3) is 0 Å². The maximum absolute atomic E-state index is 7.77. The molecular weight excluding hydrogens is 525 g/mol. The van der Waals surface area contributed by atoms with E-state index < -0.39 is 6.10 Å². The zero-order chi connectivity index (χ0) is 27.8. The summed E-state index contributed by atoms with van der Waals surface area (Å²) in [5, 5.41) is 8.38. The number of ether oxygens (including phenoxy) is 5. The molecule has 0 bridgehead atoms. The van der Waals surface area contributed by atoms with E-state index in [2.05, 4.69) is 27.7 Å². The van der Waals surface area contributed by atoms with E-state index in [4.69, 9.17) is 52.3 Å². The average Bonchev–Trinajstić information content (AvgIpc) is 2.89. The Hall–Kier alpha value is -0.730. The van der Waals surface area contributed by atoms with E-state index in [-0.39, 0.29) is 36.0 Å². The van der Waals surface area contributed by atoms with Crippen LogP contribution in [0.2, 0.25) is 5.02 Å². The van der Waals surface area contributed by atoms with Crippen LogP contribution in [0.25, 0.3) is 0 Å². The molecule has 0 unspecified atom stereocenters. The highest BCUT2D eigenvalue weighted by Crippen LogP contribution is 2.39. The van der Waals surface area contributed by atoms with Crippen LogP contribution in [0, 0.1) is 5.41 Å². The third kappa shape index (κ3) is 11.0.